The number of rotatable bonds is 10. The second-order valence-electron chi connectivity index (χ2n) is 4.07. The lowest BCUT2D eigenvalue weighted by Gasteiger charge is -2.21. The van der Waals surface area contributed by atoms with Crippen molar-refractivity contribution < 1.29 is 8.42 Å². The summed E-state index contributed by atoms with van der Waals surface area (Å²) in [5.74, 6) is 0.421. The standard InChI is InChI=1S/C11H25BrN2O2S/c1-4-7-11(8-9-12)10-13-17(15,16)14(5-2)6-3/h11,13H,4-10H2,1-3H3. The predicted octanol–water partition coefficient (Wildman–Crippen LogP) is 2.36. The third-order valence-electron chi connectivity index (χ3n) is 2.81. The minimum Gasteiger partial charge on any atom is -0.202 e. The van der Waals surface area contributed by atoms with Crippen LogP contribution in [0.1, 0.15) is 40.0 Å². The van der Waals surface area contributed by atoms with Crippen LogP contribution in [0.2, 0.25) is 0 Å². The fourth-order valence-electron chi connectivity index (χ4n) is 1.79. The molecular weight excluding hydrogens is 304 g/mol. The molecule has 4 nitrogen and oxygen atoms in total. The number of hydrogen-bond donors (Lipinski definition) is 1. The van der Waals surface area contributed by atoms with Crippen molar-refractivity contribution >= 4 is 26.1 Å². The van der Waals surface area contributed by atoms with Gasteiger partial charge in [-0.05, 0) is 18.8 Å². The number of alkyl halides is 1. The van der Waals surface area contributed by atoms with E-state index in [0.29, 0.717) is 25.6 Å². The fraction of sp³-hybridized carbons (Fsp3) is 1.00. The van der Waals surface area contributed by atoms with Gasteiger partial charge < -0.3 is 0 Å². The van der Waals surface area contributed by atoms with Crippen LogP contribution < -0.4 is 4.72 Å². The molecule has 0 aliphatic carbocycles. The van der Waals surface area contributed by atoms with Gasteiger partial charge in [-0.3, -0.25) is 0 Å². The van der Waals surface area contributed by atoms with E-state index in [1.807, 2.05) is 13.8 Å². The highest BCUT2D eigenvalue weighted by Crippen LogP contribution is 2.12. The summed E-state index contributed by atoms with van der Waals surface area (Å²) in [7, 11) is -3.29. The summed E-state index contributed by atoms with van der Waals surface area (Å²) in [4.78, 5) is 0. The van der Waals surface area contributed by atoms with E-state index >= 15 is 0 Å². The van der Waals surface area contributed by atoms with Gasteiger partial charge in [0.1, 0.15) is 0 Å². The summed E-state index contributed by atoms with van der Waals surface area (Å²) >= 11 is 3.41. The number of halogens is 1. The molecule has 1 N–H and O–H groups in total. The van der Waals surface area contributed by atoms with E-state index in [1.165, 1.54) is 4.31 Å². The zero-order chi connectivity index (χ0) is 13.3. The Bertz CT molecular complexity index is 273. The Kier molecular flexibility index (Phi) is 9.49. The second-order valence-corrected chi connectivity index (χ2v) is 6.62. The summed E-state index contributed by atoms with van der Waals surface area (Å²) in [5, 5.41) is 0.921. The van der Waals surface area contributed by atoms with Crippen LogP contribution in [0.15, 0.2) is 0 Å². The third kappa shape index (κ3) is 6.74. The molecule has 0 radical (unpaired) electrons. The molecule has 0 aromatic heterocycles. The van der Waals surface area contributed by atoms with Crippen LogP contribution in [-0.2, 0) is 10.2 Å². The van der Waals surface area contributed by atoms with Crippen LogP contribution in [0, 0.1) is 5.92 Å². The first kappa shape index (κ1) is 17.4. The normalized spacial score (nSPS) is 14.2. The molecular formula is C11H25BrN2O2S. The van der Waals surface area contributed by atoms with Crippen LogP contribution in [0.25, 0.3) is 0 Å². The van der Waals surface area contributed by atoms with Crippen LogP contribution in [0.4, 0.5) is 0 Å². The molecule has 104 valence electrons. The van der Waals surface area contributed by atoms with E-state index in [2.05, 4.69) is 27.6 Å². The lowest BCUT2D eigenvalue weighted by molar-refractivity contribution is 0.414. The van der Waals surface area contributed by atoms with Gasteiger partial charge in [0.2, 0.25) is 0 Å². The van der Waals surface area contributed by atoms with Crippen molar-refractivity contribution in [3.8, 4) is 0 Å². The minimum absolute atomic E-state index is 0.421. The molecule has 0 aromatic carbocycles. The Hall–Kier alpha value is 0.350. The highest BCUT2D eigenvalue weighted by Gasteiger charge is 2.19. The van der Waals surface area contributed by atoms with Crippen LogP contribution in [-0.4, -0.2) is 37.7 Å². The summed E-state index contributed by atoms with van der Waals surface area (Å²) in [6.45, 7) is 7.40. The molecule has 0 aliphatic rings. The zero-order valence-electron chi connectivity index (χ0n) is 11.1. The van der Waals surface area contributed by atoms with Gasteiger partial charge in [-0.2, -0.15) is 12.7 Å². The molecule has 1 unspecified atom stereocenters. The Labute approximate surface area is 114 Å². The molecule has 0 heterocycles. The summed E-state index contributed by atoms with van der Waals surface area (Å²) < 4.78 is 28.0. The van der Waals surface area contributed by atoms with Crippen molar-refractivity contribution in [1.82, 2.24) is 9.03 Å². The maximum absolute atomic E-state index is 11.9. The molecule has 0 amide bonds. The fourth-order valence-corrected chi connectivity index (χ4v) is 3.75. The molecule has 0 spiro atoms. The summed E-state index contributed by atoms with van der Waals surface area (Å²) in [6.07, 6.45) is 3.16. The van der Waals surface area contributed by atoms with Gasteiger partial charge in [0.25, 0.3) is 10.2 Å². The smallest absolute Gasteiger partial charge is 0.202 e. The molecule has 0 fully saturated rings. The quantitative estimate of drug-likeness (QED) is 0.626. The lowest BCUT2D eigenvalue weighted by Crippen LogP contribution is -2.42. The van der Waals surface area contributed by atoms with Crippen molar-refractivity contribution in [3.05, 3.63) is 0 Å². The Balaban J connectivity index is 4.31. The van der Waals surface area contributed by atoms with E-state index < -0.39 is 10.2 Å². The highest BCUT2D eigenvalue weighted by atomic mass is 79.9. The Morgan fingerprint density at radius 2 is 1.76 bits per heavy atom. The highest BCUT2D eigenvalue weighted by molar-refractivity contribution is 9.09. The largest absolute Gasteiger partial charge is 0.279 e. The Morgan fingerprint density at radius 1 is 1.18 bits per heavy atom. The molecule has 1 atom stereocenters. The molecule has 0 rings (SSSR count). The first-order chi connectivity index (χ1) is 8.01. The molecule has 0 aliphatic heterocycles. The van der Waals surface area contributed by atoms with E-state index in [4.69, 9.17) is 0 Å². The molecule has 6 heteroatoms. The van der Waals surface area contributed by atoms with Crippen molar-refractivity contribution in [3.63, 3.8) is 0 Å². The van der Waals surface area contributed by atoms with Crippen molar-refractivity contribution in [1.29, 1.82) is 0 Å². The van der Waals surface area contributed by atoms with E-state index in [9.17, 15) is 8.42 Å². The molecule has 0 saturated carbocycles. The van der Waals surface area contributed by atoms with Gasteiger partial charge in [0.15, 0.2) is 0 Å². The zero-order valence-corrected chi connectivity index (χ0v) is 13.5. The summed E-state index contributed by atoms with van der Waals surface area (Å²) in [5.41, 5.74) is 0. The van der Waals surface area contributed by atoms with Gasteiger partial charge in [-0.15, -0.1) is 0 Å². The van der Waals surface area contributed by atoms with Crippen LogP contribution in [0.3, 0.4) is 0 Å². The van der Waals surface area contributed by atoms with E-state index in [0.717, 1.165) is 24.6 Å². The van der Waals surface area contributed by atoms with Crippen molar-refractivity contribution in [2.45, 2.75) is 40.0 Å². The topological polar surface area (TPSA) is 49.4 Å². The SMILES string of the molecule is CCCC(CCBr)CNS(=O)(=O)N(CC)CC. The number of hydrogen-bond acceptors (Lipinski definition) is 2. The van der Waals surface area contributed by atoms with Crippen molar-refractivity contribution in [2.75, 3.05) is 25.0 Å². The van der Waals surface area contributed by atoms with E-state index in [1.54, 1.807) is 0 Å². The lowest BCUT2D eigenvalue weighted by atomic mass is 10.0. The average Bonchev–Trinajstić information content (AvgIpc) is 2.28. The van der Waals surface area contributed by atoms with E-state index in [-0.39, 0.29) is 0 Å². The van der Waals surface area contributed by atoms with Gasteiger partial charge in [0, 0.05) is 25.0 Å². The maximum atomic E-state index is 11.9. The molecule has 0 bridgehead atoms. The first-order valence-electron chi connectivity index (χ1n) is 6.32. The monoisotopic (exact) mass is 328 g/mol. The van der Waals surface area contributed by atoms with Gasteiger partial charge in [-0.1, -0.05) is 43.1 Å². The number of nitrogens with zero attached hydrogens (tertiary/aromatic N) is 1. The Morgan fingerprint density at radius 3 is 2.18 bits per heavy atom. The minimum atomic E-state index is -3.29. The van der Waals surface area contributed by atoms with Gasteiger partial charge >= 0.3 is 0 Å². The van der Waals surface area contributed by atoms with Gasteiger partial charge in [0.05, 0.1) is 0 Å². The molecule has 0 saturated heterocycles. The summed E-state index contributed by atoms with van der Waals surface area (Å²) in [6, 6.07) is 0. The third-order valence-corrected chi connectivity index (χ3v) is 5.00. The second kappa shape index (κ2) is 9.30. The predicted molar refractivity (Wildman–Crippen MR) is 76.7 cm³/mol. The average molecular weight is 329 g/mol. The van der Waals surface area contributed by atoms with Crippen molar-refractivity contribution in [2.24, 2.45) is 5.92 Å². The maximum Gasteiger partial charge on any atom is 0.279 e. The molecule has 17 heavy (non-hydrogen) atoms. The number of nitrogens with one attached hydrogen (secondary N) is 1. The molecule has 0 aromatic rings. The van der Waals surface area contributed by atoms with Gasteiger partial charge in [-0.25, -0.2) is 4.72 Å². The van der Waals surface area contributed by atoms with Crippen LogP contribution in [0.5, 0.6) is 0 Å². The first-order valence-corrected chi connectivity index (χ1v) is 8.88. The van der Waals surface area contributed by atoms with Crippen LogP contribution >= 0.6 is 15.9 Å².